The van der Waals surface area contributed by atoms with E-state index in [2.05, 4.69) is 12.1 Å². The van der Waals surface area contributed by atoms with Crippen LogP contribution in [0.4, 0.5) is 0 Å². The van der Waals surface area contributed by atoms with Crippen LogP contribution in [-0.2, 0) is 4.79 Å². The molecule has 1 fully saturated rings. The van der Waals surface area contributed by atoms with E-state index in [1.165, 1.54) is 5.56 Å². The Morgan fingerprint density at radius 1 is 1.38 bits per heavy atom. The Hall–Kier alpha value is -1.51. The van der Waals surface area contributed by atoms with Crippen LogP contribution in [-0.4, -0.2) is 18.2 Å². The predicted octanol–water partition coefficient (Wildman–Crippen LogP) is 2.66. The number of hydrogen-bond donors (Lipinski definition) is 1. The molecule has 86 valence electrons. The quantitative estimate of drug-likeness (QED) is 0.848. The van der Waals surface area contributed by atoms with Gasteiger partial charge in [-0.2, -0.15) is 0 Å². The van der Waals surface area contributed by atoms with E-state index in [1.54, 1.807) is 7.11 Å². The summed E-state index contributed by atoms with van der Waals surface area (Å²) < 4.78 is 5.10. The Morgan fingerprint density at radius 2 is 2.00 bits per heavy atom. The Balaban J connectivity index is 1.88. The van der Waals surface area contributed by atoms with Gasteiger partial charge in [0, 0.05) is 6.42 Å². The van der Waals surface area contributed by atoms with Crippen molar-refractivity contribution >= 4 is 5.97 Å². The van der Waals surface area contributed by atoms with Crippen LogP contribution in [0.25, 0.3) is 0 Å². The van der Waals surface area contributed by atoms with E-state index in [0.717, 1.165) is 18.6 Å². The van der Waals surface area contributed by atoms with E-state index in [9.17, 15) is 4.79 Å². The third-order valence-electron chi connectivity index (χ3n) is 3.29. The van der Waals surface area contributed by atoms with Crippen molar-refractivity contribution in [1.82, 2.24) is 0 Å². The van der Waals surface area contributed by atoms with E-state index in [0.29, 0.717) is 18.3 Å². The van der Waals surface area contributed by atoms with Gasteiger partial charge in [0.05, 0.1) is 7.11 Å². The van der Waals surface area contributed by atoms with Crippen molar-refractivity contribution in [2.75, 3.05) is 7.11 Å². The summed E-state index contributed by atoms with van der Waals surface area (Å²) >= 11 is 0. The topological polar surface area (TPSA) is 46.5 Å². The summed E-state index contributed by atoms with van der Waals surface area (Å²) in [5.41, 5.74) is 1.29. The summed E-state index contributed by atoms with van der Waals surface area (Å²) in [5.74, 6) is 1.09. The summed E-state index contributed by atoms with van der Waals surface area (Å²) in [6.45, 7) is 0. The van der Waals surface area contributed by atoms with Gasteiger partial charge in [-0.05, 0) is 42.4 Å². The lowest BCUT2D eigenvalue weighted by molar-refractivity contribution is -0.138. The number of carbonyl (C=O) groups is 1. The molecule has 1 aliphatic carbocycles. The smallest absolute Gasteiger partial charge is 0.303 e. The normalized spacial score (nSPS) is 23.6. The fourth-order valence-electron chi connectivity index (χ4n) is 2.30. The van der Waals surface area contributed by atoms with Crippen LogP contribution in [0.1, 0.15) is 30.7 Å². The fraction of sp³-hybridized carbons (Fsp3) is 0.462. The monoisotopic (exact) mass is 220 g/mol. The molecule has 0 unspecified atom stereocenters. The molecule has 1 saturated carbocycles. The van der Waals surface area contributed by atoms with Crippen molar-refractivity contribution in [3.8, 4) is 5.75 Å². The van der Waals surface area contributed by atoms with Crippen LogP contribution in [0.2, 0.25) is 0 Å². The molecule has 0 saturated heterocycles. The third-order valence-corrected chi connectivity index (χ3v) is 3.29. The number of carboxylic acids is 1. The molecule has 1 aliphatic rings. The van der Waals surface area contributed by atoms with E-state index in [-0.39, 0.29) is 0 Å². The van der Waals surface area contributed by atoms with E-state index < -0.39 is 5.97 Å². The van der Waals surface area contributed by atoms with Crippen molar-refractivity contribution < 1.29 is 14.6 Å². The van der Waals surface area contributed by atoms with Crippen molar-refractivity contribution in [3.63, 3.8) is 0 Å². The first kappa shape index (κ1) is 11.0. The largest absolute Gasteiger partial charge is 0.497 e. The highest BCUT2D eigenvalue weighted by Crippen LogP contribution is 2.43. The predicted molar refractivity (Wildman–Crippen MR) is 60.7 cm³/mol. The summed E-state index contributed by atoms with van der Waals surface area (Å²) in [4.78, 5) is 10.5. The standard InChI is InChI=1S/C13H16O3/c1-16-12-4-2-10(3-5-12)11-6-9(7-11)8-13(14)15/h2-5,9,11H,6-8H2,1H3,(H,14,15). The molecule has 1 N–H and O–H groups in total. The number of ether oxygens (including phenoxy) is 1. The lowest BCUT2D eigenvalue weighted by atomic mass is 9.70. The maximum Gasteiger partial charge on any atom is 0.303 e. The number of methoxy groups -OCH3 is 1. The van der Waals surface area contributed by atoms with Gasteiger partial charge in [-0.15, -0.1) is 0 Å². The molecule has 1 aromatic rings. The average Bonchev–Trinajstić information content (AvgIpc) is 2.23. The second-order valence-corrected chi connectivity index (χ2v) is 4.41. The average molecular weight is 220 g/mol. The highest BCUT2D eigenvalue weighted by molar-refractivity contribution is 5.67. The minimum absolute atomic E-state index is 0.312. The summed E-state index contributed by atoms with van der Waals surface area (Å²) in [6.07, 6.45) is 2.31. The fourth-order valence-corrected chi connectivity index (χ4v) is 2.30. The number of hydrogen-bond acceptors (Lipinski definition) is 2. The molecule has 3 heteroatoms. The number of aliphatic carboxylic acids is 1. The van der Waals surface area contributed by atoms with Gasteiger partial charge in [0.2, 0.25) is 0 Å². The lowest BCUT2D eigenvalue weighted by Crippen LogP contribution is -2.24. The van der Waals surface area contributed by atoms with Crippen molar-refractivity contribution in [1.29, 1.82) is 0 Å². The van der Waals surface area contributed by atoms with Crippen molar-refractivity contribution in [3.05, 3.63) is 29.8 Å². The number of rotatable bonds is 4. The van der Waals surface area contributed by atoms with Crippen molar-refractivity contribution in [2.45, 2.75) is 25.2 Å². The van der Waals surface area contributed by atoms with Crippen LogP contribution in [0.15, 0.2) is 24.3 Å². The van der Waals surface area contributed by atoms with Gasteiger partial charge in [-0.1, -0.05) is 12.1 Å². The van der Waals surface area contributed by atoms with Crippen LogP contribution in [0.5, 0.6) is 5.75 Å². The van der Waals surface area contributed by atoms with E-state index >= 15 is 0 Å². The first-order valence-corrected chi connectivity index (χ1v) is 5.54. The third kappa shape index (κ3) is 2.35. The van der Waals surface area contributed by atoms with Gasteiger partial charge in [0.1, 0.15) is 5.75 Å². The molecule has 0 heterocycles. The molecule has 0 spiro atoms. The molecule has 0 atom stereocenters. The van der Waals surface area contributed by atoms with Gasteiger partial charge < -0.3 is 9.84 Å². The summed E-state index contributed by atoms with van der Waals surface area (Å²) in [5, 5.41) is 8.66. The second-order valence-electron chi connectivity index (χ2n) is 4.41. The van der Waals surface area contributed by atoms with Gasteiger partial charge in [0.25, 0.3) is 0 Å². The zero-order chi connectivity index (χ0) is 11.5. The maximum atomic E-state index is 10.5. The Kier molecular flexibility index (Phi) is 3.13. The van der Waals surface area contributed by atoms with Gasteiger partial charge >= 0.3 is 5.97 Å². The minimum Gasteiger partial charge on any atom is -0.497 e. The Labute approximate surface area is 95.0 Å². The zero-order valence-electron chi connectivity index (χ0n) is 9.35. The Bertz CT molecular complexity index is 363. The molecular formula is C13H16O3. The molecule has 0 amide bonds. The molecule has 2 rings (SSSR count). The van der Waals surface area contributed by atoms with E-state index in [1.807, 2.05) is 12.1 Å². The highest BCUT2D eigenvalue weighted by Gasteiger charge is 2.31. The summed E-state index contributed by atoms with van der Waals surface area (Å²) in [7, 11) is 1.65. The first-order valence-electron chi connectivity index (χ1n) is 5.54. The molecule has 0 aliphatic heterocycles. The molecule has 16 heavy (non-hydrogen) atoms. The molecule has 3 nitrogen and oxygen atoms in total. The number of carboxylic acid groups (broad SMARTS) is 1. The molecular weight excluding hydrogens is 204 g/mol. The van der Waals surface area contributed by atoms with Gasteiger partial charge in [-0.3, -0.25) is 4.79 Å². The molecule has 0 aromatic heterocycles. The van der Waals surface area contributed by atoms with Crippen LogP contribution in [0, 0.1) is 5.92 Å². The second kappa shape index (κ2) is 4.56. The number of benzene rings is 1. The SMILES string of the molecule is COc1ccc(C2CC(CC(=O)O)C2)cc1. The van der Waals surface area contributed by atoms with Crippen molar-refractivity contribution in [2.24, 2.45) is 5.92 Å². The van der Waals surface area contributed by atoms with Crippen LogP contribution >= 0.6 is 0 Å². The van der Waals surface area contributed by atoms with Gasteiger partial charge in [-0.25, -0.2) is 0 Å². The maximum absolute atomic E-state index is 10.5. The lowest BCUT2D eigenvalue weighted by Gasteiger charge is -2.34. The van der Waals surface area contributed by atoms with E-state index in [4.69, 9.17) is 9.84 Å². The van der Waals surface area contributed by atoms with Crippen LogP contribution < -0.4 is 4.74 Å². The van der Waals surface area contributed by atoms with Crippen LogP contribution in [0.3, 0.4) is 0 Å². The first-order chi connectivity index (χ1) is 7.69. The zero-order valence-corrected chi connectivity index (χ0v) is 9.35. The minimum atomic E-state index is -0.682. The van der Waals surface area contributed by atoms with Gasteiger partial charge in [0.15, 0.2) is 0 Å². The Morgan fingerprint density at radius 3 is 2.50 bits per heavy atom. The highest BCUT2D eigenvalue weighted by atomic mass is 16.5. The molecule has 0 radical (unpaired) electrons. The molecule has 0 bridgehead atoms. The summed E-state index contributed by atoms with van der Waals surface area (Å²) in [6, 6.07) is 8.06. The molecule has 1 aromatic carbocycles.